The number of thioether (sulfide) groups is 1. The Labute approximate surface area is 197 Å². The highest BCUT2D eigenvalue weighted by molar-refractivity contribution is 8.17. The van der Waals surface area contributed by atoms with Crippen LogP contribution < -0.4 is 0 Å². The number of amidine groups is 2. The van der Waals surface area contributed by atoms with Crippen molar-refractivity contribution in [2.24, 2.45) is 4.99 Å². The van der Waals surface area contributed by atoms with Crippen LogP contribution in [-0.4, -0.2) is 26.4 Å². The molecule has 5 nitrogen and oxygen atoms in total. The van der Waals surface area contributed by atoms with Crippen molar-refractivity contribution in [1.82, 2.24) is 9.47 Å². The molecule has 0 radical (unpaired) electrons. The van der Waals surface area contributed by atoms with Crippen LogP contribution in [0.3, 0.4) is 0 Å². The van der Waals surface area contributed by atoms with Crippen LogP contribution in [0.25, 0.3) is 17.5 Å². The van der Waals surface area contributed by atoms with E-state index in [4.69, 9.17) is 5.41 Å². The molecule has 1 N–H and O–H groups in total. The van der Waals surface area contributed by atoms with Gasteiger partial charge in [-0.25, -0.2) is 0 Å². The van der Waals surface area contributed by atoms with Gasteiger partial charge in [-0.15, -0.1) is 0 Å². The van der Waals surface area contributed by atoms with E-state index in [1.165, 1.54) is 22.9 Å². The van der Waals surface area contributed by atoms with Crippen LogP contribution in [0.15, 0.2) is 70.6 Å². The molecule has 3 heterocycles. The van der Waals surface area contributed by atoms with Gasteiger partial charge in [0.1, 0.15) is 5.84 Å². The van der Waals surface area contributed by atoms with E-state index in [1.807, 2.05) is 42.7 Å². The number of nitrogens with zero attached hydrogens (tertiary/aromatic N) is 3. The lowest BCUT2D eigenvalue weighted by Gasteiger charge is -2.26. The molecule has 164 valence electrons. The molecule has 1 amide bonds. The lowest BCUT2D eigenvalue weighted by molar-refractivity contribution is -0.114. The number of hydrogen-bond donors (Lipinski definition) is 1. The number of nitrogens with one attached hydrogen (secondary N) is 1. The molecule has 2 aliphatic rings. The molecule has 33 heavy (non-hydrogen) atoms. The van der Waals surface area contributed by atoms with Gasteiger partial charge < -0.3 is 4.57 Å². The molecule has 0 saturated carbocycles. The standard InChI is InChI=1S/C27H24N4OS/c1-16-10-17(2)12-22(11-16)30-18(3)13-21(19(30)4)14-23-25(28)31-24(20-8-6-5-7-9-20)15-33-27(31)29-26(23)32/h5-15,28H,1-4H3/b23-14-,28-25?. The summed E-state index contributed by atoms with van der Waals surface area (Å²) in [4.78, 5) is 18.9. The SMILES string of the molecule is Cc1cc(C)cc(-n2c(C)cc(/C=C3/C(=N)N4C(c5ccccc5)=CSC4=NC3=O)c2C)c1. The van der Waals surface area contributed by atoms with Gasteiger partial charge in [-0.1, -0.05) is 48.2 Å². The normalized spacial score (nSPS) is 16.8. The van der Waals surface area contributed by atoms with Crippen LogP contribution in [0.2, 0.25) is 0 Å². The van der Waals surface area contributed by atoms with Crippen molar-refractivity contribution in [2.75, 3.05) is 0 Å². The van der Waals surface area contributed by atoms with E-state index < -0.39 is 0 Å². The smallest absolute Gasteiger partial charge is 0.283 e. The Morgan fingerprint density at radius 2 is 1.67 bits per heavy atom. The highest BCUT2D eigenvalue weighted by Gasteiger charge is 2.36. The van der Waals surface area contributed by atoms with Gasteiger partial charge in [-0.3, -0.25) is 15.1 Å². The Morgan fingerprint density at radius 1 is 0.970 bits per heavy atom. The number of rotatable bonds is 3. The zero-order valence-electron chi connectivity index (χ0n) is 19.0. The van der Waals surface area contributed by atoms with Crippen molar-refractivity contribution >= 4 is 40.4 Å². The van der Waals surface area contributed by atoms with E-state index in [0.29, 0.717) is 10.7 Å². The lowest BCUT2D eigenvalue weighted by atomic mass is 10.1. The molecule has 0 spiro atoms. The third-order valence-electron chi connectivity index (χ3n) is 5.92. The van der Waals surface area contributed by atoms with Gasteiger partial charge in [-0.2, -0.15) is 4.99 Å². The monoisotopic (exact) mass is 452 g/mol. The lowest BCUT2D eigenvalue weighted by Crippen LogP contribution is -2.38. The highest BCUT2D eigenvalue weighted by Crippen LogP contribution is 2.37. The zero-order chi connectivity index (χ0) is 23.3. The Bertz CT molecular complexity index is 1390. The molecule has 0 fully saturated rings. The van der Waals surface area contributed by atoms with E-state index >= 15 is 0 Å². The quantitative estimate of drug-likeness (QED) is 0.495. The van der Waals surface area contributed by atoms with Crippen LogP contribution in [0.1, 0.15) is 33.6 Å². The number of hydrogen-bond acceptors (Lipinski definition) is 3. The molecule has 3 aromatic rings. The summed E-state index contributed by atoms with van der Waals surface area (Å²) < 4.78 is 2.19. The largest absolute Gasteiger partial charge is 0.318 e. The van der Waals surface area contributed by atoms with Gasteiger partial charge in [0, 0.05) is 22.5 Å². The fourth-order valence-electron chi connectivity index (χ4n) is 4.48. The molecule has 1 aromatic heterocycles. The molecule has 0 saturated heterocycles. The van der Waals surface area contributed by atoms with Crippen molar-refractivity contribution in [1.29, 1.82) is 5.41 Å². The first-order valence-electron chi connectivity index (χ1n) is 10.8. The molecule has 2 aliphatic heterocycles. The summed E-state index contributed by atoms with van der Waals surface area (Å²) >= 11 is 1.38. The second-order valence-corrected chi connectivity index (χ2v) is 9.27. The van der Waals surface area contributed by atoms with Crippen molar-refractivity contribution in [3.63, 3.8) is 0 Å². The summed E-state index contributed by atoms with van der Waals surface area (Å²) in [6.45, 7) is 8.29. The maximum Gasteiger partial charge on any atom is 0.283 e. The van der Waals surface area contributed by atoms with Crippen LogP contribution in [0.4, 0.5) is 0 Å². The maximum absolute atomic E-state index is 12.9. The molecule has 0 aliphatic carbocycles. The number of carbonyl (C=O) groups is 1. The van der Waals surface area contributed by atoms with Gasteiger partial charge in [-0.05, 0) is 74.2 Å². The maximum atomic E-state index is 12.9. The molecule has 0 bridgehead atoms. The second-order valence-electron chi connectivity index (χ2n) is 8.44. The molecule has 5 rings (SSSR count). The molecule has 0 unspecified atom stereocenters. The topological polar surface area (TPSA) is 61.5 Å². The molecular formula is C27H24N4OS. The minimum absolute atomic E-state index is 0.154. The van der Waals surface area contributed by atoms with Crippen LogP contribution in [0, 0.1) is 33.1 Å². The van der Waals surface area contributed by atoms with E-state index in [-0.39, 0.29) is 11.7 Å². The Hall–Kier alpha value is -3.64. The number of aliphatic imine (C=N–C) groups is 1. The first-order valence-corrected chi connectivity index (χ1v) is 11.6. The summed E-state index contributed by atoms with van der Waals surface area (Å²) in [6, 6.07) is 18.4. The van der Waals surface area contributed by atoms with Gasteiger partial charge in [0.05, 0.1) is 11.3 Å². The van der Waals surface area contributed by atoms with E-state index in [9.17, 15) is 4.79 Å². The molecular weight excluding hydrogens is 428 g/mol. The second kappa shape index (κ2) is 8.05. The van der Waals surface area contributed by atoms with Crippen molar-refractivity contribution in [3.05, 3.63) is 99.2 Å². The number of fused-ring (bicyclic) bond motifs is 1. The van der Waals surface area contributed by atoms with Crippen LogP contribution >= 0.6 is 11.8 Å². The molecule has 6 heteroatoms. The average molecular weight is 453 g/mol. The number of benzene rings is 2. The Balaban J connectivity index is 1.56. The first kappa shape index (κ1) is 21.2. The minimum Gasteiger partial charge on any atom is -0.318 e. The zero-order valence-corrected chi connectivity index (χ0v) is 19.8. The van der Waals surface area contributed by atoms with Gasteiger partial charge in [0.25, 0.3) is 5.91 Å². The van der Waals surface area contributed by atoms with Crippen molar-refractivity contribution in [3.8, 4) is 5.69 Å². The summed E-state index contributed by atoms with van der Waals surface area (Å²) in [5, 5.41) is 11.4. The van der Waals surface area contributed by atoms with E-state index in [1.54, 1.807) is 11.0 Å². The van der Waals surface area contributed by atoms with Crippen LogP contribution in [-0.2, 0) is 4.79 Å². The number of carbonyl (C=O) groups excluding carboxylic acids is 1. The predicted molar refractivity (Wildman–Crippen MR) is 137 cm³/mol. The minimum atomic E-state index is -0.377. The number of aromatic nitrogens is 1. The first-order chi connectivity index (χ1) is 15.8. The van der Waals surface area contributed by atoms with Gasteiger partial charge in [0.15, 0.2) is 5.17 Å². The van der Waals surface area contributed by atoms with E-state index in [0.717, 1.165) is 33.9 Å². The van der Waals surface area contributed by atoms with Gasteiger partial charge in [0.2, 0.25) is 0 Å². The van der Waals surface area contributed by atoms with Crippen molar-refractivity contribution < 1.29 is 4.79 Å². The highest BCUT2D eigenvalue weighted by atomic mass is 32.2. The molecule has 2 aromatic carbocycles. The van der Waals surface area contributed by atoms with Gasteiger partial charge >= 0.3 is 0 Å². The summed E-state index contributed by atoms with van der Waals surface area (Å²) in [5.74, 6) is -0.223. The fraction of sp³-hybridized carbons (Fsp3) is 0.148. The Kier molecular flexibility index (Phi) is 5.17. The molecule has 0 atom stereocenters. The predicted octanol–water partition coefficient (Wildman–Crippen LogP) is 6.02. The van der Waals surface area contributed by atoms with Crippen molar-refractivity contribution in [2.45, 2.75) is 27.7 Å². The fourth-order valence-corrected chi connectivity index (χ4v) is 5.37. The average Bonchev–Trinajstić information content (AvgIpc) is 3.31. The third-order valence-corrected chi connectivity index (χ3v) is 6.74. The van der Waals surface area contributed by atoms with Crippen LogP contribution in [0.5, 0.6) is 0 Å². The third kappa shape index (κ3) is 3.66. The number of aryl methyl sites for hydroxylation is 3. The summed E-state index contributed by atoms with van der Waals surface area (Å²) in [5.41, 5.74) is 8.66. The summed E-state index contributed by atoms with van der Waals surface area (Å²) in [6.07, 6.45) is 1.80. The number of amides is 1. The van der Waals surface area contributed by atoms with E-state index in [2.05, 4.69) is 54.6 Å². The Morgan fingerprint density at radius 3 is 2.36 bits per heavy atom. The summed E-state index contributed by atoms with van der Waals surface area (Å²) in [7, 11) is 0.